The Labute approximate surface area is 128 Å². The van der Waals surface area contributed by atoms with Gasteiger partial charge in [0.25, 0.3) is 0 Å². The molecule has 21 heavy (non-hydrogen) atoms. The van der Waals surface area contributed by atoms with E-state index in [0.717, 1.165) is 35.1 Å². The van der Waals surface area contributed by atoms with E-state index < -0.39 is 0 Å². The van der Waals surface area contributed by atoms with Crippen LogP contribution in [0.5, 0.6) is 0 Å². The van der Waals surface area contributed by atoms with Gasteiger partial charge >= 0.3 is 0 Å². The molecule has 3 N–H and O–H groups in total. The van der Waals surface area contributed by atoms with Crippen LogP contribution in [0.1, 0.15) is 31.1 Å². The average Bonchev–Trinajstić information content (AvgIpc) is 2.96. The van der Waals surface area contributed by atoms with Gasteiger partial charge in [0, 0.05) is 17.7 Å². The SMILES string of the molecule is CCc1nc(CC)n(-c2cccc(SC)c2/C(N)=N/O)n1. The molecule has 1 aromatic heterocycles. The van der Waals surface area contributed by atoms with Gasteiger partial charge in [-0.05, 0) is 18.4 Å². The summed E-state index contributed by atoms with van der Waals surface area (Å²) in [5, 5.41) is 16.7. The molecule has 1 aromatic carbocycles. The maximum atomic E-state index is 9.07. The highest BCUT2D eigenvalue weighted by Gasteiger charge is 2.17. The lowest BCUT2D eigenvalue weighted by Gasteiger charge is -2.13. The van der Waals surface area contributed by atoms with Crippen LogP contribution < -0.4 is 5.73 Å². The van der Waals surface area contributed by atoms with E-state index >= 15 is 0 Å². The minimum atomic E-state index is 0.0746. The van der Waals surface area contributed by atoms with Crippen molar-refractivity contribution in [2.45, 2.75) is 31.6 Å². The second-order valence-corrected chi connectivity index (χ2v) is 5.25. The Morgan fingerprint density at radius 3 is 2.71 bits per heavy atom. The Morgan fingerprint density at radius 1 is 1.38 bits per heavy atom. The molecule has 0 bridgehead atoms. The summed E-state index contributed by atoms with van der Waals surface area (Å²) in [6, 6.07) is 5.77. The lowest BCUT2D eigenvalue weighted by Crippen LogP contribution is -2.18. The number of hydrogen-bond acceptors (Lipinski definition) is 5. The predicted molar refractivity (Wildman–Crippen MR) is 84.4 cm³/mol. The maximum absolute atomic E-state index is 9.07. The van der Waals surface area contributed by atoms with Gasteiger partial charge in [0.05, 0.1) is 11.3 Å². The number of benzene rings is 1. The second-order valence-electron chi connectivity index (χ2n) is 4.40. The van der Waals surface area contributed by atoms with E-state index in [0.29, 0.717) is 5.56 Å². The summed E-state index contributed by atoms with van der Waals surface area (Å²) in [6.45, 7) is 4.05. The fraction of sp³-hybridized carbons (Fsp3) is 0.357. The van der Waals surface area contributed by atoms with Gasteiger partial charge in [0.1, 0.15) is 5.82 Å². The van der Waals surface area contributed by atoms with E-state index in [2.05, 4.69) is 15.2 Å². The van der Waals surface area contributed by atoms with E-state index in [1.165, 1.54) is 0 Å². The van der Waals surface area contributed by atoms with Crippen LogP contribution in [-0.4, -0.2) is 32.1 Å². The molecule has 0 unspecified atom stereocenters. The molecule has 2 aromatic rings. The van der Waals surface area contributed by atoms with Gasteiger partial charge < -0.3 is 10.9 Å². The molecule has 2 rings (SSSR count). The fourth-order valence-electron chi connectivity index (χ4n) is 2.14. The van der Waals surface area contributed by atoms with Gasteiger partial charge in [-0.3, -0.25) is 0 Å². The standard InChI is InChI=1S/C14H19N5OS/c1-4-11-16-12(5-2)19(17-11)9-7-6-8-10(21-3)13(9)14(15)18-20/h6-8,20H,4-5H2,1-3H3,(H2,15,18). The van der Waals surface area contributed by atoms with Crippen LogP contribution in [0.2, 0.25) is 0 Å². The summed E-state index contributed by atoms with van der Waals surface area (Å²) in [6.07, 6.45) is 3.47. The first-order chi connectivity index (χ1) is 10.2. The zero-order valence-corrected chi connectivity index (χ0v) is 13.2. The smallest absolute Gasteiger partial charge is 0.173 e. The number of aryl methyl sites for hydroxylation is 2. The van der Waals surface area contributed by atoms with Crippen molar-refractivity contribution in [2.75, 3.05) is 6.26 Å². The minimum absolute atomic E-state index is 0.0746. The largest absolute Gasteiger partial charge is 0.409 e. The molecule has 0 radical (unpaired) electrons. The molecule has 0 aliphatic rings. The minimum Gasteiger partial charge on any atom is -0.409 e. The molecule has 0 fully saturated rings. The molecule has 0 aliphatic heterocycles. The Bertz CT molecular complexity index is 665. The third kappa shape index (κ3) is 2.87. The molecule has 0 atom stereocenters. The number of hydrogen-bond donors (Lipinski definition) is 2. The zero-order chi connectivity index (χ0) is 15.4. The quantitative estimate of drug-likeness (QED) is 0.291. The van der Waals surface area contributed by atoms with E-state index in [-0.39, 0.29) is 5.84 Å². The number of thioether (sulfide) groups is 1. The number of rotatable bonds is 5. The highest BCUT2D eigenvalue weighted by Crippen LogP contribution is 2.26. The monoisotopic (exact) mass is 305 g/mol. The first-order valence-electron chi connectivity index (χ1n) is 6.76. The van der Waals surface area contributed by atoms with Crippen molar-refractivity contribution in [3.8, 4) is 5.69 Å². The lowest BCUT2D eigenvalue weighted by atomic mass is 10.1. The summed E-state index contributed by atoms with van der Waals surface area (Å²) >= 11 is 1.54. The first-order valence-corrected chi connectivity index (χ1v) is 7.98. The number of nitrogens with two attached hydrogens (primary N) is 1. The van der Waals surface area contributed by atoms with E-state index in [4.69, 9.17) is 10.9 Å². The van der Waals surface area contributed by atoms with Gasteiger partial charge in [-0.2, -0.15) is 5.10 Å². The number of aromatic nitrogens is 3. The molecule has 0 amide bonds. The van der Waals surface area contributed by atoms with Crippen LogP contribution in [0, 0.1) is 0 Å². The van der Waals surface area contributed by atoms with Gasteiger partial charge in [-0.15, -0.1) is 11.8 Å². The molecule has 0 saturated carbocycles. The van der Waals surface area contributed by atoms with Crippen LogP contribution in [0.15, 0.2) is 28.3 Å². The van der Waals surface area contributed by atoms with Gasteiger partial charge in [0.15, 0.2) is 11.7 Å². The molecule has 0 saturated heterocycles. The molecule has 0 spiro atoms. The molecule has 6 nitrogen and oxygen atoms in total. The second kappa shape index (κ2) is 6.62. The summed E-state index contributed by atoms with van der Waals surface area (Å²) in [5.74, 6) is 1.72. The molecule has 0 aliphatic carbocycles. The number of nitrogens with zero attached hydrogens (tertiary/aromatic N) is 4. The van der Waals surface area contributed by atoms with Gasteiger partial charge in [-0.25, -0.2) is 9.67 Å². The van der Waals surface area contributed by atoms with E-state index in [9.17, 15) is 0 Å². The molecule has 1 heterocycles. The van der Waals surface area contributed by atoms with Crippen LogP contribution in [0.4, 0.5) is 0 Å². The van der Waals surface area contributed by atoms with Crippen LogP contribution in [-0.2, 0) is 12.8 Å². The van der Waals surface area contributed by atoms with Crippen LogP contribution in [0.25, 0.3) is 5.69 Å². The third-order valence-corrected chi connectivity index (χ3v) is 3.95. The Hall–Kier alpha value is -2.02. The predicted octanol–water partition coefficient (Wildman–Crippen LogP) is 2.21. The molecular formula is C14H19N5OS. The number of amidine groups is 1. The average molecular weight is 305 g/mol. The van der Waals surface area contributed by atoms with Crippen molar-refractivity contribution in [3.63, 3.8) is 0 Å². The maximum Gasteiger partial charge on any atom is 0.173 e. The van der Waals surface area contributed by atoms with Crippen molar-refractivity contribution in [1.82, 2.24) is 14.8 Å². The topological polar surface area (TPSA) is 89.3 Å². The van der Waals surface area contributed by atoms with Gasteiger partial charge in [-0.1, -0.05) is 25.1 Å². The summed E-state index contributed by atoms with van der Waals surface area (Å²) < 4.78 is 1.78. The highest BCUT2D eigenvalue weighted by atomic mass is 32.2. The normalized spacial score (nSPS) is 11.9. The van der Waals surface area contributed by atoms with Crippen molar-refractivity contribution in [2.24, 2.45) is 10.9 Å². The summed E-state index contributed by atoms with van der Waals surface area (Å²) in [5.41, 5.74) is 7.32. The van der Waals surface area contributed by atoms with Crippen molar-refractivity contribution in [1.29, 1.82) is 0 Å². The van der Waals surface area contributed by atoms with E-state index in [1.54, 1.807) is 16.4 Å². The Morgan fingerprint density at radius 2 is 2.14 bits per heavy atom. The molecule has 112 valence electrons. The summed E-state index contributed by atoms with van der Waals surface area (Å²) in [7, 11) is 0. The summed E-state index contributed by atoms with van der Waals surface area (Å²) in [4.78, 5) is 5.44. The van der Waals surface area contributed by atoms with Crippen molar-refractivity contribution in [3.05, 3.63) is 35.4 Å². The van der Waals surface area contributed by atoms with Crippen molar-refractivity contribution < 1.29 is 5.21 Å². The molecule has 7 heteroatoms. The van der Waals surface area contributed by atoms with Gasteiger partial charge in [0.2, 0.25) is 0 Å². The zero-order valence-electron chi connectivity index (χ0n) is 12.4. The third-order valence-electron chi connectivity index (χ3n) is 3.17. The van der Waals surface area contributed by atoms with E-state index in [1.807, 2.05) is 38.3 Å². The van der Waals surface area contributed by atoms with Crippen LogP contribution in [0.3, 0.4) is 0 Å². The van der Waals surface area contributed by atoms with Crippen molar-refractivity contribution >= 4 is 17.6 Å². The number of oxime groups is 1. The Kier molecular flexibility index (Phi) is 4.85. The fourth-order valence-corrected chi connectivity index (χ4v) is 2.76. The highest BCUT2D eigenvalue weighted by molar-refractivity contribution is 7.98. The van der Waals surface area contributed by atoms with Crippen LogP contribution >= 0.6 is 11.8 Å². The molecular weight excluding hydrogens is 286 g/mol. The first kappa shape index (κ1) is 15.4. The lowest BCUT2D eigenvalue weighted by molar-refractivity contribution is 0.318. The Balaban J connectivity index is 2.71.